The maximum atomic E-state index is 5.32. The molecule has 5 rings (SSSR count). The number of hydrogen-bond acceptors (Lipinski definition) is 7. The van der Waals surface area contributed by atoms with Crippen LogP contribution in [0.4, 0.5) is 5.13 Å². The molecule has 0 radical (unpaired) electrons. The highest BCUT2D eigenvalue weighted by Crippen LogP contribution is 2.32. The Morgan fingerprint density at radius 3 is 2.57 bits per heavy atom. The fraction of sp³-hybridized carbons (Fsp3) is 0.0952. The summed E-state index contributed by atoms with van der Waals surface area (Å²) in [4.78, 5) is 4.90. The SMILES string of the molecule is c1coc(CNc2nnc(SCc3nc4ccccc4c4ccccc34)s2)c1. The smallest absolute Gasteiger partial charge is 0.206 e. The quantitative estimate of drug-likeness (QED) is 0.288. The van der Waals surface area contributed by atoms with Gasteiger partial charge in [0.15, 0.2) is 4.34 Å². The molecule has 0 saturated heterocycles. The zero-order chi connectivity index (χ0) is 18.8. The van der Waals surface area contributed by atoms with Crippen molar-refractivity contribution in [2.45, 2.75) is 16.6 Å². The molecular formula is C21H16N4OS2. The fourth-order valence-corrected chi connectivity index (χ4v) is 4.83. The van der Waals surface area contributed by atoms with Crippen LogP contribution in [-0.2, 0) is 12.3 Å². The van der Waals surface area contributed by atoms with Crippen molar-refractivity contribution in [1.82, 2.24) is 15.2 Å². The standard InChI is InChI=1S/C21H16N4OS2/c1-2-9-17-15(7-1)16-8-3-4-10-18(16)23-19(17)13-27-21-25-24-20(28-21)22-12-14-6-5-11-26-14/h1-11H,12-13H2,(H,22,24). The average molecular weight is 405 g/mol. The van der Waals surface area contributed by atoms with Crippen LogP contribution in [0.2, 0.25) is 0 Å². The van der Waals surface area contributed by atoms with Crippen molar-refractivity contribution in [2.75, 3.05) is 5.32 Å². The molecule has 0 fully saturated rings. The monoisotopic (exact) mass is 404 g/mol. The van der Waals surface area contributed by atoms with Crippen LogP contribution in [0.5, 0.6) is 0 Å². The van der Waals surface area contributed by atoms with Gasteiger partial charge in [-0.25, -0.2) is 0 Å². The number of pyridine rings is 1. The second-order valence-corrected chi connectivity index (χ2v) is 8.42. The molecule has 0 aliphatic rings. The van der Waals surface area contributed by atoms with Gasteiger partial charge in [-0.05, 0) is 23.6 Å². The Balaban J connectivity index is 1.36. The van der Waals surface area contributed by atoms with Gasteiger partial charge in [0.2, 0.25) is 5.13 Å². The van der Waals surface area contributed by atoms with Gasteiger partial charge in [-0.2, -0.15) is 0 Å². The predicted octanol–water partition coefficient (Wildman–Crippen LogP) is 5.74. The highest BCUT2D eigenvalue weighted by molar-refractivity contribution is 8.00. The Morgan fingerprint density at radius 2 is 1.71 bits per heavy atom. The number of aromatic nitrogens is 3. The van der Waals surface area contributed by atoms with E-state index in [0.29, 0.717) is 6.54 Å². The molecular weight excluding hydrogens is 388 g/mol. The first kappa shape index (κ1) is 17.2. The van der Waals surface area contributed by atoms with Crippen LogP contribution >= 0.6 is 23.1 Å². The molecule has 28 heavy (non-hydrogen) atoms. The number of thioether (sulfide) groups is 1. The van der Waals surface area contributed by atoms with Crippen molar-refractivity contribution in [3.8, 4) is 0 Å². The topological polar surface area (TPSA) is 63.8 Å². The maximum absolute atomic E-state index is 5.32. The first-order valence-electron chi connectivity index (χ1n) is 8.86. The zero-order valence-corrected chi connectivity index (χ0v) is 16.5. The van der Waals surface area contributed by atoms with E-state index in [1.807, 2.05) is 18.2 Å². The van der Waals surface area contributed by atoms with Crippen molar-refractivity contribution in [3.63, 3.8) is 0 Å². The average Bonchev–Trinajstić information content (AvgIpc) is 3.42. The van der Waals surface area contributed by atoms with Crippen LogP contribution in [0.1, 0.15) is 11.5 Å². The van der Waals surface area contributed by atoms with E-state index in [4.69, 9.17) is 9.40 Å². The van der Waals surface area contributed by atoms with Crippen LogP contribution in [0, 0.1) is 0 Å². The number of fused-ring (bicyclic) bond motifs is 3. The lowest BCUT2D eigenvalue weighted by Crippen LogP contribution is -1.96. The van der Waals surface area contributed by atoms with E-state index in [2.05, 4.69) is 58.0 Å². The van der Waals surface area contributed by atoms with E-state index in [-0.39, 0.29) is 0 Å². The number of para-hydroxylation sites is 1. The molecule has 0 atom stereocenters. The number of benzene rings is 2. The predicted molar refractivity (Wildman–Crippen MR) is 115 cm³/mol. The lowest BCUT2D eigenvalue weighted by atomic mass is 10.0. The Kier molecular flexibility index (Phi) is 4.68. The molecule has 7 heteroatoms. The Morgan fingerprint density at radius 1 is 0.893 bits per heavy atom. The molecule has 0 aliphatic heterocycles. The molecule has 0 aliphatic carbocycles. The minimum absolute atomic E-state index is 0.600. The summed E-state index contributed by atoms with van der Waals surface area (Å²) in [5.41, 5.74) is 2.09. The van der Waals surface area contributed by atoms with Gasteiger partial charge in [-0.15, -0.1) is 10.2 Å². The molecule has 2 aromatic carbocycles. The molecule has 138 valence electrons. The van der Waals surface area contributed by atoms with Crippen LogP contribution in [0.15, 0.2) is 75.7 Å². The van der Waals surface area contributed by atoms with Crippen molar-refractivity contribution >= 4 is 49.9 Å². The summed E-state index contributed by atoms with van der Waals surface area (Å²) in [6.07, 6.45) is 1.67. The van der Waals surface area contributed by atoms with E-state index < -0.39 is 0 Å². The third-order valence-electron chi connectivity index (χ3n) is 4.42. The number of anilines is 1. The largest absolute Gasteiger partial charge is 0.467 e. The van der Waals surface area contributed by atoms with Crippen molar-refractivity contribution in [1.29, 1.82) is 0 Å². The normalized spacial score (nSPS) is 11.3. The molecule has 5 aromatic rings. The summed E-state index contributed by atoms with van der Waals surface area (Å²) in [7, 11) is 0. The van der Waals surface area contributed by atoms with Crippen molar-refractivity contribution in [3.05, 3.63) is 78.4 Å². The van der Waals surface area contributed by atoms with E-state index in [0.717, 1.165) is 32.2 Å². The summed E-state index contributed by atoms with van der Waals surface area (Å²) in [5.74, 6) is 1.62. The molecule has 0 saturated carbocycles. The summed E-state index contributed by atoms with van der Waals surface area (Å²) >= 11 is 3.20. The molecule has 5 nitrogen and oxygen atoms in total. The molecule has 3 aromatic heterocycles. The van der Waals surface area contributed by atoms with Gasteiger partial charge in [0, 0.05) is 16.5 Å². The maximum Gasteiger partial charge on any atom is 0.206 e. The number of nitrogens with zero attached hydrogens (tertiary/aromatic N) is 3. The lowest BCUT2D eigenvalue weighted by Gasteiger charge is -2.08. The summed E-state index contributed by atoms with van der Waals surface area (Å²) in [6, 6.07) is 20.5. The minimum Gasteiger partial charge on any atom is -0.467 e. The molecule has 0 unspecified atom stereocenters. The van der Waals surface area contributed by atoms with Gasteiger partial charge >= 0.3 is 0 Å². The van der Waals surface area contributed by atoms with Gasteiger partial charge in [0.25, 0.3) is 0 Å². The first-order chi connectivity index (χ1) is 13.9. The van der Waals surface area contributed by atoms with Gasteiger partial charge in [-0.1, -0.05) is 65.6 Å². The second-order valence-electron chi connectivity index (χ2n) is 6.22. The van der Waals surface area contributed by atoms with Gasteiger partial charge < -0.3 is 9.73 Å². The number of hydrogen-bond donors (Lipinski definition) is 1. The number of nitrogens with one attached hydrogen (secondary N) is 1. The van der Waals surface area contributed by atoms with Gasteiger partial charge in [-0.3, -0.25) is 4.98 Å². The number of furan rings is 1. The Bertz CT molecular complexity index is 1230. The third kappa shape index (κ3) is 3.46. The summed E-state index contributed by atoms with van der Waals surface area (Å²) in [5, 5.41) is 16.1. The van der Waals surface area contributed by atoms with E-state index in [1.165, 1.54) is 16.2 Å². The van der Waals surface area contributed by atoms with Crippen LogP contribution in [0.3, 0.4) is 0 Å². The highest BCUT2D eigenvalue weighted by atomic mass is 32.2. The molecule has 0 amide bonds. The molecule has 1 N–H and O–H groups in total. The lowest BCUT2D eigenvalue weighted by molar-refractivity contribution is 0.518. The second kappa shape index (κ2) is 7.61. The molecule has 0 spiro atoms. The van der Waals surface area contributed by atoms with Crippen LogP contribution in [0.25, 0.3) is 21.7 Å². The van der Waals surface area contributed by atoms with E-state index >= 15 is 0 Å². The Labute approximate surface area is 169 Å². The summed E-state index contributed by atoms with van der Waals surface area (Å²) in [6.45, 7) is 0.600. The minimum atomic E-state index is 0.600. The number of rotatable bonds is 6. The highest BCUT2D eigenvalue weighted by Gasteiger charge is 2.11. The van der Waals surface area contributed by atoms with Gasteiger partial charge in [0.1, 0.15) is 5.76 Å². The van der Waals surface area contributed by atoms with Crippen LogP contribution in [-0.4, -0.2) is 15.2 Å². The zero-order valence-electron chi connectivity index (χ0n) is 14.8. The van der Waals surface area contributed by atoms with Crippen molar-refractivity contribution < 1.29 is 4.42 Å². The molecule has 0 bridgehead atoms. The van der Waals surface area contributed by atoms with E-state index in [1.54, 1.807) is 29.4 Å². The van der Waals surface area contributed by atoms with E-state index in [9.17, 15) is 0 Å². The van der Waals surface area contributed by atoms with Crippen LogP contribution < -0.4 is 5.32 Å². The van der Waals surface area contributed by atoms with Gasteiger partial charge in [0.05, 0.1) is 24.0 Å². The summed E-state index contributed by atoms with van der Waals surface area (Å²) < 4.78 is 6.24. The third-order valence-corrected chi connectivity index (χ3v) is 6.45. The van der Waals surface area contributed by atoms with Crippen molar-refractivity contribution in [2.24, 2.45) is 0 Å². The molecule has 3 heterocycles. The Hall–Kier alpha value is -2.90. The fourth-order valence-electron chi connectivity index (χ4n) is 3.13. The first-order valence-corrected chi connectivity index (χ1v) is 10.7.